The van der Waals surface area contributed by atoms with E-state index in [0.29, 0.717) is 6.42 Å². The summed E-state index contributed by atoms with van der Waals surface area (Å²) >= 11 is 0. The van der Waals surface area contributed by atoms with Crippen molar-refractivity contribution in [1.82, 2.24) is 9.80 Å². The number of benzene rings is 1. The summed E-state index contributed by atoms with van der Waals surface area (Å²) in [6, 6.07) is 8.15. The van der Waals surface area contributed by atoms with Gasteiger partial charge in [-0.05, 0) is 32.3 Å². The third kappa shape index (κ3) is 5.11. The Hall–Kier alpha value is -1.19. The molecular weight excluding hydrogens is 212 g/mol. The molecule has 1 aromatic rings. The molecule has 3 nitrogen and oxygen atoms in total. The summed E-state index contributed by atoms with van der Waals surface area (Å²) in [4.78, 5) is 15.1. The first-order valence-electron chi connectivity index (χ1n) is 5.97. The number of carbonyl (C=O) groups excluding carboxylic acids is 1. The van der Waals surface area contributed by atoms with Gasteiger partial charge in [-0.2, -0.15) is 0 Å². The van der Waals surface area contributed by atoms with Gasteiger partial charge in [0.15, 0.2) is 0 Å². The molecule has 0 atom stereocenters. The van der Waals surface area contributed by atoms with Crippen LogP contribution in [0.3, 0.4) is 0 Å². The van der Waals surface area contributed by atoms with Crippen LogP contribution in [-0.4, -0.2) is 50.3 Å². The van der Waals surface area contributed by atoms with E-state index in [1.54, 1.807) is 0 Å². The molecule has 0 aliphatic heterocycles. The molecule has 3 heteroatoms. The molecule has 0 unspecified atom stereocenters. The Kier molecular flexibility index (Phi) is 5.87. The van der Waals surface area contributed by atoms with Crippen molar-refractivity contribution in [2.45, 2.75) is 13.0 Å². The lowest BCUT2D eigenvalue weighted by Gasteiger charge is -2.20. The average Bonchev–Trinajstić information content (AvgIpc) is 2.29. The highest BCUT2D eigenvalue weighted by molar-refractivity contribution is 5.56. The van der Waals surface area contributed by atoms with Gasteiger partial charge in [-0.1, -0.05) is 24.3 Å². The Morgan fingerprint density at radius 2 is 1.71 bits per heavy atom. The SMILES string of the molecule is CN(C)CCN(C)Cc1ccccc1CC=O. The lowest BCUT2D eigenvalue weighted by Crippen LogP contribution is -2.28. The van der Waals surface area contributed by atoms with E-state index in [0.717, 1.165) is 31.5 Å². The van der Waals surface area contributed by atoms with E-state index in [1.807, 2.05) is 18.2 Å². The zero-order valence-electron chi connectivity index (χ0n) is 11.0. The van der Waals surface area contributed by atoms with Crippen LogP contribution in [0.2, 0.25) is 0 Å². The molecule has 0 bridgehead atoms. The maximum atomic E-state index is 10.6. The van der Waals surface area contributed by atoms with Gasteiger partial charge in [0.2, 0.25) is 0 Å². The van der Waals surface area contributed by atoms with Crippen LogP contribution in [-0.2, 0) is 17.8 Å². The highest BCUT2D eigenvalue weighted by Crippen LogP contribution is 2.10. The van der Waals surface area contributed by atoms with Crippen LogP contribution in [0.15, 0.2) is 24.3 Å². The summed E-state index contributed by atoms with van der Waals surface area (Å²) in [5, 5.41) is 0. The monoisotopic (exact) mass is 234 g/mol. The molecule has 0 saturated heterocycles. The molecule has 1 aromatic carbocycles. The minimum Gasteiger partial charge on any atom is -0.308 e. The first kappa shape index (κ1) is 13.9. The molecular formula is C14H22N2O. The maximum absolute atomic E-state index is 10.6. The van der Waals surface area contributed by atoms with Crippen LogP contribution in [0.25, 0.3) is 0 Å². The molecule has 0 N–H and O–H groups in total. The quantitative estimate of drug-likeness (QED) is 0.667. The van der Waals surface area contributed by atoms with Gasteiger partial charge in [-0.15, -0.1) is 0 Å². The summed E-state index contributed by atoms with van der Waals surface area (Å²) in [5.74, 6) is 0. The van der Waals surface area contributed by atoms with E-state index in [2.05, 4.69) is 37.0 Å². The fourth-order valence-corrected chi connectivity index (χ4v) is 1.74. The lowest BCUT2D eigenvalue weighted by atomic mass is 10.0. The van der Waals surface area contributed by atoms with E-state index < -0.39 is 0 Å². The Morgan fingerprint density at radius 3 is 2.29 bits per heavy atom. The fourth-order valence-electron chi connectivity index (χ4n) is 1.74. The van der Waals surface area contributed by atoms with Crippen molar-refractivity contribution >= 4 is 6.29 Å². The summed E-state index contributed by atoms with van der Waals surface area (Å²) in [5.41, 5.74) is 2.39. The highest BCUT2D eigenvalue weighted by Gasteiger charge is 2.05. The smallest absolute Gasteiger partial charge is 0.124 e. The molecule has 0 heterocycles. The summed E-state index contributed by atoms with van der Waals surface area (Å²) < 4.78 is 0. The van der Waals surface area contributed by atoms with Crippen LogP contribution in [0.1, 0.15) is 11.1 Å². The second-order valence-corrected chi connectivity index (χ2v) is 4.68. The van der Waals surface area contributed by atoms with Gasteiger partial charge in [0, 0.05) is 26.1 Å². The minimum absolute atomic E-state index is 0.512. The van der Waals surface area contributed by atoms with E-state index in [-0.39, 0.29) is 0 Å². The maximum Gasteiger partial charge on any atom is 0.124 e. The molecule has 0 spiro atoms. The Morgan fingerprint density at radius 1 is 1.06 bits per heavy atom. The van der Waals surface area contributed by atoms with E-state index in [9.17, 15) is 4.79 Å². The zero-order chi connectivity index (χ0) is 12.7. The van der Waals surface area contributed by atoms with Crippen molar-refractivity contribution in [3.63, 3.8) is 0 Å². The van der Waals surface area contributed by atoms with Crippen molar-refractivity contribution < 1.29 is 4.79 Å². The van der Waals surface area contributed by atoms with E-state index in [4.69, 9.17) is 0 Å². The Balaban J connectivity index is 2.57. The number of aldehydes is 1. The van der Waals surface area contributed by atoms with Gasteiger partial charge in [0.05, 0.1) is 0 Å². The topological polar surface area (TPSA) is 23.6 Å². The molecule has 0 fully saturated rings. The van der Waals surface area contributed by atoms with Gasteiger partial charge >= 0.3 is 0 Å². The first-order valence-corrected chi connectivity index (χ1v) is 5.97. The lowest BCUT2D eigenvalue weighted by molar-refractivity contribution is -0.107. The highest BCUT2D eigenvalue weighted by atomic mass is 16.1. The number of rotatable bonds is 7. The molecule has 1 rings (SSSR count). The Bertz CT molecular complexity index is 350. The normalized spacial score (nSPS) is 11.1. The van der Waals surface area contributed by atoms with Gasteiger partial charge < -0.3 is 14.6 Å². The van der Waals surface area contributed by atoms with E-state index >= 15 is 0 Å². The number of hydrogen-bond donors (Lipinski definition) is 0. The third-order valence-corrected chi connectivity index (χ3v) is 2.79. The van der Waals surface area contributed by atoms with Crippen LogP contribution in [0.4, 0.5) is 0 Å². The van der Waals surface area contributed by atoms with Crippen LogP contribution in [0.5, 0.6) is 0 Å². The van der Waals surface area contributed by atoms with Gasteiger partial charge in [0.1, 0.15) is 6.29 Å². The predicted octanol–water partition coefficient (Wildman–Crippen LogP) is 1.42. The largest absolute Gasteiger partial charge is 0.308 e. The molecule has 0 aliphatic rings. The summed E-state index contributed by atoms with van der Waals surface area (Å²) in [6.07, 6.45) is 1.48. The summed E-state index contributed by atoms with van der Waals surface area (Å²) in [7, 11) is 6.27. The molecule has 17 heavy (non-hydrogen) atoms. The predicted molar refractivity (Wildman–Crippen MR) is 71.1 cm³/mol. The molecule has 0 saturated carbocycles. The fraction of sp³-hybridized carbons (Fsp3) is 0.500. The zero-order valence-corrected chi connectivity index (χ0v) is 11.0. The van der Waals surface area contributed by atoms with Crippen molar-refractivity contribution in [3.8, 4) is 0 Å². The second-order valence-electron chi connectivity index (χ2n) is 4.68. The van der Waals surface area contributed by atoms with Gasteiger partial charge in [-0.3, -0.25) is 0 Å². The second kappa shape index (κ2) is 7.20. The Labute approximate surface area is 104 Å². The van der Waals surface area contributed by atoms with Crippen molar-refractivity contribution in [3.05, 3.63) is 35.4 Å². The van der Waals surface area contributed by atoms with Crippen molar-refractivity contribution in [2.75, 3.05) is 34.2 Å². The van der Waals surface area contributed by atoms with Crippen molar-refractivity contribution in [2.24, 2.45) is 0 Å². The number of carbonyl (C=O) groups is 1. The first-order chi connectivity index (χ1) is 8.13. The minimum atomic E-state index is 0.512. The molecule has 0 aromatic heterocycles. The molecule has 0 aliphatic carbocycles. The number of hydrogen-bond acceptors (Lipinski definition) is 3. The molecule has 94 valence electrons. The molecule has 0 amide bonds. The number of nitrogens with zero attached hydrogens (tertiary/aromatic N) is 2. The average molecular weight is 234 g/mol. The van der Waals surface area contributed by atoms with Crippen LogP contribution in [0, 0.1) is 0 Å². The van der Waals surface area contributed by atoms with E-state index in [1.165, 1.54) is 5.56 Å². The van der Waals surface area contributed by atoms with Gasteiger partial charge in [0.25, 0.3) is 0 Å². The standard InChI is InChI=1S/C14H22N2O/c1-15(2)9-10-16(3)12-14-7-5-4-6-13(14)8-11-17/h4-7,11H,8-10,12H2,1-3H3. The molecule has 0 radical (unpaired) electrons. The third-order valence-electron chi connectivity index (χ3n) is 2.79. The summed E-state index contributed by atoms with van der Waals surface area (Å²) in [6.45, 7) is 2.98. The van der Waals surface area contributed by atoms with Crippen molar-refractivity contribution in [1.29, 1.82) is 0 Å². The van der Waals surface area contributed by atoms with Crippen LogP contribution < -0.4 is 0 Å². The van der Waals surface area contributed by atoms with Crippen LogP contribution >= 0.6 is 0 Å². The number of likely N-dealkylation sites (N-methyl/N-ethyl adjacent to an activating group) is 2. The van der Waals surface area contributed by atoms with Gasteiger partial charge in [-0.25, -0.2) is 0 Å².